The molecule has 5 rings (SSSR count). The molecule has 0 N–H and O–H groups in total. The topological polar surface area (TPSA) is 52.6 Å². The van der Waals surface area contributed by atoms with E-state index in [2.05, 4.69) is 47.6 Å². The molecule has 0 radical (unpaired) electrons. The Labute approximate surface area is 225 Å². The molecule has 4 saturated carbocycles. The van der Waals surface area contributed by atoms with E-state index in [1.54, 1.807) is 5.57 Å². The number of fused-ring (bicyclic) bond motifs is 7. The Morgan fingerprint density at radius 3 is 2.24 bits per heavy atom. The van der Waals surface area contributed by atoms with Gasteiger partial charge in [-0.15, -0.1) is 0 Å². The van der Waals surface area contributed by atoms with Gasteiger partial charge in [-0.05, 0) is 116 Å². The van der Waals surface area contributed by atoms with E-state index in [0.717, 1.165) is 43.9 Å². The molecule has 4 fully saturated rings. The molecule has 37 heavy (non-hydrogen) atoms. The summed E-state index contributed by atoms with van der Waals surface area (Å²) in [4.78, 5) is 25.5. The van der Waals surface area contributed by atoms with Crippen molar-refractivity contribution < 1.29 is 19.1 Å². The molecular weight excluding hydrogens is 460 g/mol. The van der Waals surface area contributed by atoms with Crippen LogP contribution in [0.15, 0.2) is 11.6 Å². The number of hydrogen-bond acceptors (Lipinski definition) is 4. The van der Waals surface area contributed by atoms with Crippen molar-refractivity contribution in [2.45, 2.75) is 119 Å². The Morgan fingerprint density at radius 2 is 1.59 bits per heavy atom. The molecule has 4 heteroatoms. The van der Waals surface area contributed by atoms with Gasteiger partial charge in [-0.2, -0.15) is 0 Å². The average molecular weight is 513 g/mol. The lowest BCUT2D eigenvalue weighted by Crippen LogP contribution is -2.66. The third-order valence-electron chi connectivity index (χ3n) is 13.9. The monoisotopic (exact) mass is 512 g/mol. The van der Waals surface area contributed by atoms with Gasteiger partial charge in [0.05, 0.1) is 7.11 Å². The van der Waals surface area contributed by atoms with Gasteiger partial charge >= 0.3 is 11.9 Å². The van der Waals surface area contributed by atoms with Gasteiger partial charge in [0.1, 0.15) is 11.5 Å². The molecule has 0 bridgehead atoms. The first-order valence-corrected chi connectivity index (χ1v) is 15.2. The fourth-order valence-electron chi connectivity index (χ4n) is 11.4. The van der Waals surface area contributed by atoms with Crippen molar-refractivity contribution in [1.82, 2.24) is 0 Å². The number of allylic oxidation sites excluding steroid dienone is 2. The molecular formula is C33H52O4. The molecule has 0 spiro atoms. The molecule has 0 aromatic carbocycles. The van der Waals surface area contributed by atoms with Crippen LogP contribution >= 0.6 is 0 Å². The number of esters is 2. The zero-order chi connectivity index (χ0) is 27.2. The van der Waals surface area contributed by atoms with Gasteiger partial charge in [-0.3, -0.25) is 9.59 Å². The third kappa shape index (κ3) is 3.45. The molecule has 0 unspecified atom stereocenters. The summed E-state index contributed by atoms with van der Waals surface area (Å²) in [6.45, 7) is 18.8. The van der Waals surface area contributed by atoms with Gasteiger partial charge in [0.2, 0.25) is 0 Å². The highest BCUT2D eigenvalue weighted by Gasteiger charge is 2.70. The molecule has 0 aliphatic heterocycles. The van der Waals surface area contributed by atoms with Crippen molar-refractivity contribution in [2.24, 2.45) is 56.7 Å². The van der Waals surface area contributed by atoms with Crippen LogP contribution in [-0.4, -0.2) is 25.2 Å². The van der Waals surface area contributed by atoms with Crippen LogP contribution < -0.4 is 0 Å². The predicted molar refractivity (Wildman–Crippen MR) is 147 cm³/mol. The summed E-state index contributed by atoms with van der Waals surface area (Å²) in [7, 11) is 1.49. The van der Waals surface area contributed by atoms with E-state index in [0.29, 0.717) is 17.3 Å². The first-order chi connectivity index (χ1) is 17.2. The minimum absolute atomic E-state index is 0.00382. The lowest BCUT2D eigenvalue weighted by Gasteiger charge is -2.71. The summed E-state index contributed by atoms with van der Waals surface area (Å²) in [5, 5.41) is 0. The average Bonchev–Trinajstić information content (AvgIpc) is 2.83. The standard InChI is InChI=1S/C33H52O4/c1-20-12-15-29(4)18-19-31(6)23(27(29)21(20)2)10-11-24-30(5)16-14-26(37-22(3)34)33(8,28(35)36-9)25(30)13-17-32(24,31)7/h10,20-21,24-27H,11-19H2,1-9H3/t20-,21+,24-,25-,26-,27+,29-,30-,31-,32-,33-/m1/s1. The minimum atomic E-state index is -0.807. The first kappa shape index (κ1) is 27.3. The maximum absolute atomic E-state index is 13.4. The second kappa shape index (κ2) is 8.59. The van der Waals surface area contributed by atoms with Crippen LogP contribution in [0.25, 0.3) is 0 Å². The Hall–Kier alpha value is -1.32. The molecule has 0 amide bonds. The van der Waals surface area contributed by atoms with Gasteiger partial charge in [0, 0.05) is 6.92 Å². The van der Waals surface area contributed by atoms with E-state index in [-0.39, 0.29) is 34.1 Å². The smallest absolute Gasteiger partial charge is 0.315 e. The van der Waals surface area contributed by atoms with Crippen LogP contribution in [0.1, 0.15) is 113 Å². The molecule has 5 aliphatic rings. The van der Waals surface area contributed by atoms with E-state index < -0.39 is 11.5 Å². The SMILES string of the molecule is COC(=O)[C@]1(C)[C@@H]2CC[C@]3(C)[C@H](CC=C4[C@@H]5[C@@H](C)[C@H](C)CC[C@]5(C)CC[C@]43C)[C@@]2(C)CC[C@H]1OC(C)=O. The number of ether oxygens (including phenoxy) is 2. The van der Waals surface area contributed by atoms with Crippen LogP contribution in [0, 0.1) is 56.7 Å². The number of rotatable bonds is 2. The van der Waals surface area contributed by atoms with Crippen LogP contribution in [0.3, 0.4) is 0 Å². The molecule has 0 aromatic heterocycles. The van der Waals surface area contributed by atoms with Crippen LogP contribution in [0.2, 0.25) is 0 Å². The summed E-state index contributed by atoms with van der Waals surface area (Å²) < 4.78 is 11.2. The van der Waals surface area contributed by atoms with Gasteiger partial charge in [-0.1, -0.05) is 53.2 Å². The van der Waals surface area contributed by atoms with Crippen molar-refractivity contribution in [3.05, 3.63) is 11.6 Å². The van der Waals surface area contributed by atoms with E-state index in [4.69, 9.17) is 9.47 Å². The zero-order valence-corrected chi connectivity index (χ0v) is 25.0. The maximum Gasteiger partial charge on any atom is 0.315 e. The largest absolute Gasteiger partial charge is 0.468 e. The van der Waals surface area contributed by atoms with Gasteiger partial charge in [0.15, 0.2) is 0 Å². The van der Waals surface area contributed by atoms with Gasteiger partial charge < -0.3 is 9.47 Å². The lowest BCUT2D eigenvalue weighted by atomic mass is 9.33. The van der Waals surface area contributed by atoms with E-state index in [1.165, 1.54) is 39.7 Å². The summed E-state index contributed by atoms with van der Waals surface area (Å²) in [5.41, 5.74) is 1.82. The highest BCUT2D eigenvalue weighted by atomic mass is 16.6. The Bertz CT molecular complexity index is 1000. The molecule has 4 nitrogen and oxygen atoms in total. The minimum Gasteiger partial charge on any atom is -0.468 e. The van der Waals surface area contributed by atoms with Crippen molar-refractivity contribution in [1.29, 1.82) is 0 Å². The summed E-state index contributed by atoms with van der Waals surface area (Å²) in [6, 6.07) is 0. The maximum atomic E-state index is 13.4. The summed E-state index contributed by atoms with van der Waals surface area (Å²) in [6.07, 6.45) is 12.6. The second-order valence-electron chi connectivity index (χ2n) is 15.2. The van der Waals surface area contributed by atoms with Crippen LogP contribution in [0.4, 0.5) is 0 Å². The quantitative estimate of drug-likeness (QED) is 0.280. The zero-order valence-electron chi connectivity index (χ0n) is 25.0. The normalized spacial score (nSPS) is 52.9. The highest BCUT2D eigenvalue weighted by Crippen LogP contribution is 2.75. The van der Waals surface area contributed by atoms with Gasteiger partial charge in [-0.25, -0.2) is 0 Å². The fourth-order valence-corrected chi connectivity index (χ4v) is 11.4. The number of hydrogen-bond donors (Lipinski definition) is 0. The van der Waals surface area contributed by atoms with Crippen molar-refractivity contribution in [3.8, 4) is 0 Å². The fraction of sp³-hybridized carbons (Fsp3) is 0.879. The molecule has 0 heterocycles. The molecule has 208 valence electrons. The Morgan fingerprint density at radius 1 is 0.892 bits per heavy atom. The molecule has 5 aliphatic carbocycles. The predicted octanol–water partition coefficient (Wildman–Crippen LogP) is 7.75. The van der Waals surface area contributed by atoms with Crippen molar-refractivity contribution in [3.63, 3.8) is 0 Å². The Balaban J connectivity index is 1.57. The third-order valence-corrected chi connectivity index (χ3v) is 13.9. The molecule has 0 aromatic rings. The second-order valence-corrected chi connectivity index (χ2v) is 15.2. The number of carbonyl (C=O) groups excluding carboxylic acids is 2. The van der Waals surface area contributed by atoms with E-state index in [1.807, 2.05) is 6.92 Å². The van der Waals surface area contributed by atoms with Crippen LogP contribution in [-0.2, 0) is 19.1 Å². The molecule has 0 saturated heterocycles. The number of methoxy groups -OCH3 is 1. The summed E-state index contributed by atoms with van der Waals surface area (Å²) in [5.74, 6) is 2.35. The first-order valence-electron chi connectivity index (χ1n) is 15.2. The van der Waals surface area contributed by atoms with Crippen molar-refractivity contribution in [2.75, 3.05) is 7.11 Å². The van der Waals surface area contributed by atoms with E-state index >= 15 is 0 Å². The lowest BCUT2D eigenvalue weighted by molar-refractivity contribution is -0.224. The van der Waals surface area contributed by atoms with Crippen molar-refractivity contribution >= 4 is 11.9 Å². The van der Waals surface area contributed by atoms with Crippen LogP contribution in [0.5, 0.6) is 0 Å². The van der Waals surface area contributed by atoms with Gasteiger partial charge in [0.25, 0.3) is 0 Å². The summed E-state index contributed by atoms with van der Waals surface area (Å²) >= 11 is 0. The molecule has 11 atom stereocenters. The Kier molecular flexibility index (Phi) is 6.33. The van der Waals surface area contributed by atoms with E-state index in [9.17, 15) is 9.59 Å². The number of carbonyl (C=O) groups is 2. The highest BCUT2D eigenvalue weighted by molar-refractivity contribution is 5.79.